The largest absolute Gasteiger partial charge is 0.399 e. The first-order chi connectivity index (χ1) is 12.2. The summed E-state index contributed by atoms with van der Waals surface area (Å²) in [4.78, 5) is 8.57. The fraction of sp³-hybridized carbons (Fsp3) is 0.0588. The topological polar surface area (TPSA) is 94.5 Å². The number of nitrogen functional groups attached to an aromatic ring is 1. The molecular weight excluding hydrogens is 338 g/mol. The third-order valence-electron chi connectivity index (χ3n) is 3.75. The van der Waals surface area contributed by atoms with Crippen molar-refractivity contribution in [1.82, 2.24) is 25.0 Å². The van der Waals surface area contributed by atoms with Gasteiger partial charge in [0.1, 0.15) is 6.33 Å². The van der Waals surface area contributed by atoms with Crippen LogP contribution in [0, 0.1) is 0 Å². The number of hydrogen-bond donors (Lipinski definition) is 2. The van der Waals surface area contributed by atoms with Crippen LogP contribution in [0.2, 0.25) is 5.02 Å². The van der Waals surface area contributed by atoms with Crippen molar-refractivity contribution in [2.24, 2.45) is 0 Å². The molecule has 3 N–H and O–H groups in total. The van der Waals surface area contributed by atoms with Crippen molar-refractivity contribution in [3.8, 4) is 0 Å². The van der Waals surface area contributed by atoms with E-state index in [9.17, 15) is 0 Å². The Balaban J connectivity index is 1.68. The molecule has 25 heavy (non-hydrogen) atoms. The summed E-state index contributed by atoms with van der Waals surface area (Å²) < 4.78 is 1.70. The molecule has 7 nitrogen and oxygen atoms in total. The summed E-state index contributed by atoms with van der Waals surface area (Å²) in [6.45, 7) is 0.481. The molecule has 4 rings (SSSR count). The molecule has 0 unspecified atom stereocenters. The van der Waals surface area contributed by atoms with Gasteiger partial charge in [0.15, 0.2) is 17.0 Å². The minimum Gasteiger partial charge on any atom is -0.399 e. The molecule has 0 fully saturated rings. The molecule has 0 atom stereocenters. The van der Waals surface area contributed by atoms with E-state index in [-0.39, 0.29) is 0 Å². The van der Waals surface area contributed by atoms with Gasteiger partial charge in [0, 0.05) is 16.4 Å². The second-order valence-electron chi connectivity index (χ2n) is 5.48. The average molecular weight is 352 g/mol. The number of hydrogen-bond acceptors (Lipinski definition) is 6. The van der Waals surface area contributed by atoms with Crippen molar-refractivity contribution in [2.75, 3.05) is 11.1 Å². The van der Waals surface area contributed by atoms with E-state index < -0.39 is 0 Å². The van der Waals surface area contributed by atoms with E-state index in [4.69, 9.17) is 17.3 Å². The number of nitrogens with two attached hydrogens (primary N) is 1. The lowest BCUT2D eigenvalue weighted by atomic mass is 10.2. The van der Waals surface area contributed by atoms with Crippen LogP contribution in [0.15, 0.2) is 54.9 Å². The van der Waals surface area contributed by atoms with Crippen LogP contribution in [-0.4, -0.2) is 25.0 Å². The van der Waals surface area contributed by atoms with Crippen molar-refractivity contribution in [1.29, 1.82) is 0 Å². The number of rotatable bonds is 4. The quantitative estimate of drug-likeness (QED) is 0.548. The molecule has 0 radical (unpaired) electrons. The fourth-order valence-electron chi connectivity index (χ4n) is 2.48. The minimum absolute atomic E-state index is 0.481. The summed E-state index contributed by atoms with van der Waals surface area (Å²) in [5.41, 5.74) is 9.43. The molecule has 2 aromatic heterocycles. The van der Waals surface area contributed by atoms with E-state index in [1.165, 1.54) is 6.33 Å². The number of fused-ring (bicyclic) bond motifs is 1. The van der Waals surface area contributed by atoms with Crippen molar-refractivity contribution in [2.45, 2.75) is 6.54 Å². The molecule has 0 spiro atoms. The van der Waals surface area contributed by atoms with Crippen molar-refractivity contribution in [3.63, 3.8) is 0 Å². The predicted octanol–water partition coefficient (Wildman–Crippen LogP) is 3.25. The summed E-state index contributed by atoms with van der Waals surface area (Å²) in [6, 6.07) is 15.0. The predicted molar refractivity (Wildman–Crippen MR) is 97.8 cm³/mol. The first kappa shape index (κ1) is 15.3. The van der Waals surface area contributed by atoms with Crippen molar-refractivity contribution in [3.05, 3.63) is 65.4 Å². The summed E-state index contributed by atoms with van der Waals surface area (Å²) in [5.74, 6) is 0.584. The maximum absolute atomic E-state index is 6.23. The van der Waals surface area contributed by atoms with Gasteiger partial charge in [-0.1, -0.05) is 35.0 Å². The molecule has 0 saturated heterocycles. The van der Waals surface area contributed by atoms with Gasteiger partial charge >= 0.3 is 0 Å². The Morgan fingerprint density at radius 3 is 2.64 bits per heavy atom. The molecule has 124 valence electrons. The molecule has 0 amide bonds. The zero-order chi connectivity index (χ0) is 17.2. The molecule has 0 bridgehead atoms. The van der Waals surface area contributed by atoms with Crippen molar-refractivity contribution >= 4 is 40.0 Å². The van der Waals surface area contributed by atoms with Crippen LogP contribution in [0.5, 0.6) is 0 Å². The molecule has 0 aliphatic rings. The van der Waals surface area contributed by atoms with E-state index in [0.717, 1.165) is 11.3 Å². The first-order valence-electron chi connectivity index (χ1n) is 7.61. The highest BCUT2D eigenvalue weighted by Crippen LogP contribution is 2.23. The lowest BCUT2D eigenvalue weighted by Gasteiger charge is -2.06. The van der Waals surface area contributed by atoms with Crippen molar-refractivity contribution < 1.29 is 0 Å². The minimum atomic E-state index is 0.481. The molecule has 0 aliphatic carbocycles. The van der Waals surface area contributed by atoms with Gasteiger partial charge in [-0.15, -0.1) is 5.10 Å². The van der Waals surface area contributed by atoms with E-state index in [2.05, 4.69) is 25.6 Å². The van der Waals surface area contributed by atoms with Gasteiger partial charge in [-0.25, -0.2) is 14.6 Å². The van der Waals surface area contributed by atoms with E-state index in [1.54, 1.807) is 4.68 Å². The lowest BCUT2D eigenvalue weighted by molar-refractivity contribution is 0.664. The standard InChI is InChI=1S/C17H14ClN7/c18-14-4-2-1-3-11(14)9-25-17-15(23-24-25)16(20-10-21-17)22-13-7-5-12(19)6-8-13/h1-8,10H,9,19H2,(H,20,21,22). The first-order valence-corrected chi connectivity index (χ1v) is 7.98. The van der Waals surface area contributed by atoms with E-state index in [1.807, 2.05) is 48.5 Å². The Labute approximate surface area is 148 Å². The Bertz CT molecular complexity index is 1030. The van der Waals surface area contributed by atoms with E-state index in [0.29, 0.717) is 34.2 Å². The highest BCUT2D eigenvalue weighted by Gasteiger charge is 2.13. The maximum Gasteiger partial charge on any atom is 0.184 e. The van der Waals surface area contributed by atoms with Crippen LogP contribution in [0.1, 0.15) is 5.56 Å². The van der Waals surface area contributed by atoms with Gasteiger partial charge in [-0.3, -0.25) is 0 Å². The van der Waals surface area contributed by atoms with Gasteiger partial charge in [-0.2, -0.15) is 0 Å². The Kier molecular flexibility index (Phi) is 3.91. The zero-order valence-electron chi connectivity index (χ0n) is 13.1. The number of nitrogens with one attached hydrogen (secondary N) is 1. The van der Waals surface area contributed by atoms with Gasteiger partial charge in [0.05, 0.1) is 6.54 Å². The third kappa shape index (κ3) is 3.09. The normalized spacial score (nSPS) is 10.9. The fourth-order valence-corrected chi connectivity index (χ4v) is 2.68. The zero-order valence-corrected chi connectivity index (χ0v) is 13.9. The van der Waals surface area contributed by atoms with Crippen LogP contribution in [0.4, 0.5) is 17.2 Å². The number of nitrogens with zero attached hydrogens (tertiary/aromatic N) is 5. The Morgan fingerprint density at radius 2 is 1.84 bits per heavy atom. The Hall–Kier alpha value is -3.19. The van der Waals surface area contributed by atoms with Crippen LogP contribution in [0.3, 0.4) is 0 Å². The van der Waals surface area contributed by atoms with Gasteiger partial charge in [-0.05, 0) is 35.9 Å². The van der Waals surface area contributed by atoms with Gasteiger partial charge < -0.3 is 11.1 Å². The van der Waals surface area contributed by atoms with Gasteiger partial charge in [0.2, 0.25) is 0 Å². The SMILES string of the molecule is Nc1ccc(Nc2ncnc3c2nnn3Cc2ccccc2Cl)cc1. The van der Waals surface area contributed by atoms with Gasteiger partial charge in [0.25, 0.3) is 0 Å². The molecule has 0 saturated carbocycles. The summed E-state index contributed by atoms with van der Waals surface area (Å²) in [5, 5.41) is 12.3. The second-order valence-corrected chi connectivity index (χ2v) is 5.89. The van der Waals surface area contributed by atoms with E-state index >= 15 is 0 Å². The number of aromatic nitrogens is 5. The van der Waals surface area contributed by atoms with Crippen LogP contribution < -0.4 is 11.1 Å². The molecule has 2 aromatic carbocycles. The third-order valence-corrected chi connectivity index (χ3v) is 4.12. The number of benzene rings is 2. The second kappa shape index (κ2) is 6.37. The lowest BCUT2D eigenvalue weighted by Crippen LogP contribution is -2.04. The average Bonchev–Trinajstić information content (AvgIpc) is 3.03. The molecule has 4 aromatic rings. The van der Waals surface area contributed by atoms with Crippen LogP contribution >= 0.6 is 11.6 Å². The maximum atomic E-state index is 6.23. The summed E-state index contributed by atoms with van der Waals surface area (Å²) in [7, 11) is 0. The summed E-state index contributed by atoms with van der Waals surface area (Å²) >= 11 is 6.23. The van der Waals surface area contributed by atoms with Crippen LogP contribution in [0.25, 0.3) is 11.2 Å². The molecular formula is C17H14ClN7. The Morgan fingerprint density at radius 1 is 1.04 bits per heavy atom. The molecule has 8 heteroatoms. The molecule has 2 heterocycles. The monoisotopic (exact) mass is 351 g/mol. The number of anilines is 3. The number of halogens is 1. The molecule has 0 aliphatic heterocycles. The highest BCUT2D eigenvalue weighted by atomic mass is 35.5. The highest BCUT2D eigenvalue weighted by molar-refractivity contribution is 6.31. The smallest absolute Gasteiger partial charge is 0.184 e. The van der Waals surface area contributed by atoms with Crippen LogP contribution in [-0.2, 0) is 6.54 Å². The summed E-state index contributed by atoms with van der Waals surface area (Å²) in [6.07, 6.45) is 1.48.